The third-order valence-electron chi connectivity index (χ3n) is 2.80. The molecule has 1 atom stereocenters. The number of ether oxygens (including phenoxy) is 1. The first-order chi connectivity index (χ1) is 9.56. The van der Waals surface area contributed by atoms with Gasteiger partial charge < -0.3 is 21.0 Å². The van der Waals surface area contributed by atoms with Gasteiger partial charge in [0.15, 0.2) is 12.0 Å². The van der Waals surface area contributed by atoms with Crippen molar-refractivity contribution in [2.75, 3.05) is 13.2 Å². The monoisotopic (exact) mass is 286 g/mol. The van der Waals surface area contributed by atoms with Crippen molar-refractivity contribution in [3.63, 3.8) is 0 Å². The van der Waals surface area contributed by atoms with Crippen LogP contribution in [0.15, 0.2) is 4.99 Å². The second kappa shape index (κ2) is 8.23. The number of nitrogens with two attached hydrogens (primary N) is 2. The summed E-state index contributed by atoms with van der Waals surface area (Å²) in [6.45, 7) is 2.86. The molecular formula is C12H22N4O4. The van der Waals surface area contributed by atoms with Crippen LogP contribution in [0.3, 0.4) is 0 Å². The maximum atomic E-state index is 11.9. The molecule has 0 aromatic heterocycles. The van der Waals surface area contributed by atoms with Crippen molar-refractivity contribution in [3.8, 4) is 0 Å². The lowest BCUT2D eigenvalue weighted by molar-refractivity contribution is -0.150. The Hall–Kier alpha value is -1.99. The van der Waals surface area contributed by atoms with Gasteiger partial charge in [-0.15, -0.1) is 5.06 Å². The summed E-state index contributed by atoms with van der Waals surface area (Å²) in [5.74, 6) is -0.379. The van der Waals surface area contributed by atoms with Gasteiger partial charge in [0.2, 0.25) is 0 Å². The van der Waals surface area contributed by atoms with E-state index in [0.29, 0.717) is 26.0 Å². The molecule has 1 amide bonds. The summed E-state index contributed by atoms with van der Waals surface area (Å²) in [5.41, 5.74) is 10.4. The number of esters is 1. The number of amides is 1. The molecule has 0 saturated carbocycles. The normalized spacial score (nSPS) is 14.4. The summed E-state index contributed by atoms with van der Waals surface area (Å²) < 4.78 is 5.11. The SMILES string of the molecule is CCCCOC(=O)[C@H](CCCCN=C(N)N)N1OC1=O. The number of aliphatic imine (C=N–C) groups is 1. The lowest BCUT2D eigenvalue weighted by Gasteiger charge is -2.13. The molecule has 1 fully saturated rings. The Kier molecular flexibility index (Phi) is 6.61. The first kappa shape index (κ1) is 16.1. The van der Waals surface area contributed by atoms with E-state index in [-0.39, 0.29) is 5.96 Å². The van der Waals surface area contributed by atoms with E-state index in [9.17, 15) is 9.59 Å². The molecule has 0 bridgehead atoms. The molecule has 114 valence electrons. The Bertz CT molecular complexity index is 368. The van der Waals surface area contributed by atoms with Gasteiger partial charge >= 0.3 is 12.1 Å². The van der Waals surface area contributed by atoms with Crippen LogP contribution < -0.4 is 11.5 Å². The number of carbonyl (C=O) groups is 2. The first-order valence-corrected chi connectivity index (χ1v) is 6.79. The number of nitrogens with zero attached hydrogens (tertiary/aromatic N) is 2. The molecule has 1 aliphatic rings. The molecule has 1 rings (SSSR count). The van der Waals surface area contributed by atoms with Crippen molar-refractivity contribution >= 4 is 18.0 Å². The van der Waals surface area contributed by atoms with Crippen LogP contribution in [0, 0.1) is 0 Å². The van der Waals surface area contributed by atoms with Crippen LogP contribution in [-0.4, -0.2) is 42.3 Å². The number of rotatable bonds is 10. The highest BCUT2D eigenvalue weighted by Gasteiger charge is 2.45. The van der Waals surface area contributed by atoms with Gasteiger partial charge in [-0.3, -0.25) is 4.99 Å². The molecule has 0 aliphatic carbocycles. The fourth-order valence-electron chi connectivity index (χ4n) is 1.66. The van der Waals surface area contributed by atoms with Gasteiger partial charge in [0.1, 0.15) is 0 Å². The molecule has 0 unspecified atom stereocenters. The predicted molar refractivity (Wildman–Crippen MR) is 72.5 cm³/mol. The number of hydrogen-bond donors (Lipinski definition) is 2. The maximum Gasteiger partial charge on any atom is 0.468 e. The van der Waals surface area contributed by atoms with E-state index >= 15 is 0 Å². The van der Waals surface area contributed by atoms with Gasteiger partial charge in [0, 0.05) is 6.54 Å². The van der Waals surface area contributed by atoms with Crippen LogP contribution in [0.1, 0.15) is 39.0 Å². The Morgan fingerprint density at radius 2 is 2.10 bits per heavy atom. The molecule has 8 nitrogen and oxygen atoms in total. The molecule has 4 N–H and O–H groups in total. The van der Waals surface area contributed by atoms with Gasteiger partial charge in [-0.2, -0.15) is 0 Å². The number of hydrogen-bond acceptors (Lipinski definition) is 5. The van der Waals surface area contributed by atoms with E-state index in [1.807, 2.05) is 6.92 Å². The summed E-state index contributed by atoms with van der Waals surface area (Å²) in [6.07, 6.45) is 3.13. The minimum Gasteiger partial charge on any atom is -0.464 e. The average Bonchev–Trinajstić information content (AvgIpc) is 3.10. The Morgan fingerprint density at radius 1 is 1.40 bits per heavy atom. The van der Waals surface area contributed by atoms with Crippen molar-refractivity contribution in [1.82, 2.24) is 5.06 Å². The van der Waals surface area contributed by atoms with Crippen LogP contribution in [0.2, 0.25) is 0 Å². The second-order valence-electron chi connectivity index (χ2n) is 4.52. The smallest absolute Gasteiger partial charge is 0.464 e. The molecule has 0 aromatic rings. The van der Waals surface area contributed by atoms with Crippen LogP contribution in [0.4, 0.5) is 4.79 Å². The molecule has 0 radical (unpaired) electrons. The molecule has 1 aliphatic heterocycles. The third-order valence-corrected chi connectivity index (χ3v) is 2.80. The highest BCUT2D eigenvalue weighted by atomic mass is 16.9. The number of hydroxylamine groups is 2. The minimum absolute atomic E-state index is 0.0463. The zero-order chi connectivity index (χ0) is 15.0. The maximum absolute atomic E-state index is 11.9. The van der Waals surface area contributed by atoms with Gasteiger partial charge in [-0.1, -0.05) is 13.3 Å². The lowest BCUT2D eigenvalue weighted by atomic mass is 10.1. The Labute approximate surface area is 118 Å². The standard InChI is InChI=1S/C12H22N4O4/c1-2-3-8-19-10(17)9(16-12(18)20-16)6-4-5-7-15-11(13)14/h9H,2-8H2,1H3,(H4,13,14,15)/t9-,16?/m0/s1. The molecule has 0 spiro atoms. The van der Waals surface area contributed by atoms with Gasteiger partial charge in [0.05, 0.1) is 6.61 Å². The Morgan fingerprint density at radius 3 is 2.65 bits per heavy atom. The molecule has 1 heterocycles. The topological polar surface area (TPSA) is 123 Å². The van der Waals surface area contributed by atoms with E-state index in [1.165, 1.54) is 0 Å². The summed E-state index contributed by atoms with van der Waals surface area (Å²) in [7, 11) is 0. The Balaban J connectivity index is 2.31. The molecular weight excluding hydrogens is 264 g/mol. The highest BCUT2D eigenvalue weighted by Crippen LogP contribution is 2.22. The average molecular weight is 286 g/mol. The van der Waals surface area contributed by atoms with E-state index in [1.54, 1.807) is 0 Å². The van der Waals surface area contributed by atoms with Gasteiger partial charge in [-0.05, 0) is 25.7 Å². The molecule has 8 heteroatoms. The van der Waals surface area contributed by atoms with Crippen molar-refractivity contribution < 1.29 is 19.2 Å². The quantitative estimate of drug-likeness (QED) is 0.198. The zero-order valence-corrected chi connectivity index (χ0v) is 11.7. The van der Waals surface area contributed by atoms with E-state index in [4.69, 9.17) is 16.2 Å². The molecule has 0 aromatic carbocycles. The van der Waals surface area contributed by atoms with Crippen molar-refractivity contribution in [1.29, 1.82) is 0 Å². The van der Waals surface area contributed by atoms with Crippen molar-refractivity contribution in [2.24, 2.45) is 16.5 Å². The summed E-state index contributed by atoms with van der Waals surface area (Å²) in [5, 5.41) is 1.05. The zero-order valence-electron chi connectivity index (χ0n) is 11.7. The van der Waals surface area contributed by atoms with Gasteiger partial charge in [-0.25, -0.2) is 9.59 Å². The van der Waals surface area contributed by atoms with E-state index in [0.717, 1.165) is 24.3 Å². The minimum atomic E-state index is -0.668. The van der Waals surface area contributed by atoms with Crippen LogP contribution >= 0.6 is 0 Å². The summed E-state index contributed by atoms with van der Waals surface area (Å²) in [6, 6.07) is -0.668. The largest absolute Gasteiger partial charge is 0.468 e. The predicted octanol–water partition coefficient (Wildman–Crippen LogP) is 0.509. The van der Waals surface area contributed by atoms with Crippen LogP contribution in [0.25, 0.3) is 0 Å². The molecule has 1 saturated heterocycles. The van der Waals surface area contributed by atoms with Gasteiger partial charge in [0.25, 0.3) is 0 Å². The van der Waals surface area contributed by atoms with Crippen LogP contribution in [-0.2, 0) is 14.4 Å². The van der Waals surface area contributed by atoms with Crippen molar-refractivity contribution in [3.05, 3.63) is 0 Å². The number of carbonyl (C=O) groups excluding carboxylic acids is 2. The van der Waals surface area contributed by atoms with E-state index in [2.05, 4.69) is 9.83 Å². The third kappa shape index (κ3) is 5.77. The van der Waals surface area contributed by atoms with Crippen LogP contribution in [0.5, 0.6) is 0 Å². The number of unbranched alkanes of at least 4 members (excludes halogenated alkanes) is 2. The van der Waals surface area contributed by atoms with Crippen molar-refractivity contribution in [2.45, 2.75) is 45.1 Å². The highest BCUT2D eigenvalue weighted by molar-refractivity contribution is 5.85. The first-order valence-electron chi connectivity index (χ1n) is 6.79. The fourth-order valence-corrected chi connectivity index (χ4v) is 1.66. The summed E-state index contributed by atoms with van der Waals surface area (Å²) >= 11 is 0. The fraction of sp³-hybridized carbons (Fsp3) is 0.750. The lowest BCUT2D eigenvalue weighted by Crippen LogP contribution is -2.31. The summed E-state index contributed by atoms with van der Waals surface area (Å²) in [4.78, 5) is 31.3. The number of guanidine groups is 1. The molecule has 20 heavy (non-hydrogen) atoms. The van der Waals surface area contributed by atoms with E-state index < -0.39 is 18.1 Å². The second-order valence-corrected chi connectivity index (χ2v) is 4.52.